The van der Waals surface area contributed by atoms with Crippen LogP contribution in [0.1, 0.15) is 31.4 Å². The number of fused-ring (bicyclic) bond motifs is 1. The van der Waals surface area contributed by atoms with Crippen LogP contribution in [0.5, 0.6) is 17.2 Å². The number of anilines is 3. The van der Waals surface area contributed by atoms with Gasteiger partial charge in [0.2, 0.25) is 17.6 Å². The predicted octanol–water partition coefficient (Wildman–Crippen LogP) is 4.82. The van der Waals surface area contributed by atoms with Crippen molar-refractivity contribution in [2.24, 2.45) is 5.92 Å². The molecular weight excluding hydrogens is 496 g/mol. The fourth-order valence-corrected chi connectivity index (χ4v) is 5.02. The van der Waals surface area contributed by atoms with Crippen molar-refractivity contribution in [2.45, 2.75) is 25.8 Å². The van der Waals surface area contributed by atoms with Crippen molar-refractivity contribution in [3.63, 3.8) is 0 Å². The molecule has 2 aromatic heterocycles. The van der Waals surface area contributed by atoms with Gasteiger partial charge in [0.1, 0.15) is 5.82 Å². The lowest BCUT2D eigenvalue weighted by Gasteiger charge is -2.33. The second-order valence-corrected chi connectivity index (χ2v) is 9.62. The maximum atomic E-state index is 13.2. The van der Waals surface area contributed by atoms with E-state index in [4.69, 9.17) is 19.2 Å². The molecule has 10 nitrogen and oxygen atoms in total. The number of rotatable bonds is 9. The molecule has 0 radical (unpaired) electrons. The van der Waals surface area contributed by atoms with E-state index in [-0.39, 0.29) is 17.9 Å². The Morgan fingerprint density at radius 2 is 1.87 bits per heavy atom. The molecular formula is C29H34N6O4. The quantitative estimate of drug-likeness (QED) is 0.282. The second-order valence-electron chi connectivity index (χ2n) is 9.62. The van der Waals surface area contributed by atoms with Crippen LogP contribution in [0.25, 0.3) is 10.9 Å². The summed E-state index contributed by atoms with van der Waals surface area (Å²) in [6.07, 6.45) is 5.38. The normalized spacial score (nSPS) is 16.0. The summed E-state index contributed by atoms with van der Waals surface area (Å²) in [5.74, 6) is 2.71. The Hall–Kier alpha value is -4.47. The van der Waals surface area contributed by atoms with Gasteiger partial charge in [0.05, 0.1) is 33.3 Å². The van der Waals surface area contributed by atoms with E-state index in [9.17, 15) is 4.79 Å². The van der Waals surface area contributed by atoms with Crippen LogP contribution in [-0.4, -0.2) is 55.3 Å². The van der Waals surface area contributed by atoms with Crippen molar-refractivity contribution in [1.82, 2.24) is 20.3 Å². The molecule has 3 heterocycles. The number of H-pyrrole nitrogens is 1. The van der Waals surface area contributed by atoms with E-state index in [1.54, 1.807) is 39.7 Å². The highest BCUT2D eigenvalue weighted by Crippen LogP contribution is 2.40. The lowest BCUT2D eigenvalue weighted by molar-refractivity contribution is -0.125. The summed E-state index contributed by atoms with van der Waals surface area (Å²) in [6, 6.07) is 13.7. The van der Waals surface area contributed by atoms with Crippen molar-refractivity contribution >= 4 is 34.3 Å². The highest BCUT2D eigenvalue weighted by atomic mass is 16.5. The van der Waals surface area contributed by atoms with Gasteiger partial charge in [0, 0.05) is 48.8 Å². The average Bonchev–Trinajstić information content (AvgIpc) is 3.45. The molecule has 1 amide bonds. The van der Waals surface area contributed by atoms with Gasteiger partial charge in [0.25, 0.3) is 0 Å². The lowest BCUT2D eigenvalue weighted by Crippen LogP contribution is -2.44. The maximum Gasteiger partial charge on any atom is 0.229 e. The third-order valence-corrected chi connectivity index (χ3v) is 7.11. The Morgan fingerprint density at radius 1 is 1.08 bits per heavy atom. The molecule has 0 spiro atoms. The number of ether oxygens (including phenoxy) is 3. The zero-order valence-electron chi connectivity index (χ0n) is 22.7. The first-order valence-corrected chi connectivity index (χ1v) is 13.0. The number of aromatic amines is 1. The van der Waals surface area contributed by atoms with Gasteiger partial charge in [-0.15, -0.1) is 0 Å². The molecule has 2 atom stereocenters. The number of hydrogen-bond acceptors (Lipinski definition) is 8. The number of carbonyl (C=O) groups excluding carboxylic acids is 1. The SMILES string of the molecule is COc1cc(Nc2nccc(N3CCCC(C(=O)NC(C)c4ccc5[nH]ccc5c4)C3)n2)cc(OC)c1OC. The first-order valence-electron chi connectivity index (χ1n) is 13.0. The van der Waals surface area contributed by atoms with Gasteiger partial charge < -0.3 is 34.7 Å². The molecule has 1 saturated heterocycles. The van der Waals surface area contributed by atoms with E-state index in [0.29, 0.717) is 35.4 Å². The molecule has 0 saturated carbocycles. The Balaban J connectivity index is 1.26. The third kappa shape index (κ3) is 5.69. The number of hydrogen-bond donors (Lipinski definition) is 3. The summed E-state index contributed by atoms with van der Waals surface area (Å²) in [5.41, 5.74) is 2.87. The molecule has 204 valence electrons. The van der Waals surface area contributed by atoms with E-state index >= 15 is 0 Å². The van der Waals surface area contributed by atoms with Gasteiger partial charge in [-0.25, -0.2) is 4.98 Å². The predicted molar refractivity (Wildman–Crippen MR) is 151 cm³/mol. The smallest absolute Gasteiger partial charge is 0.229 e. The Kier molecular flexibility index (Phi) is 7.72. The first-order chi connectivity index (χ1) is 19.0. The van der Waals surface area contributed by atoms with E-state index < -0.39 is 0 Å². The van der Waals surface area contributed by atoms with Crippen molar-refractivity contribution in [3.8, 4) is 17.2 Å². The molecule has 0 bridgehead atoms. The van der Waals surface area contributed by atoms with E-state index in [0.717, 1.165) is 41.7 Å². The third-order valence-electron chi connectivity index (χ3n) is 7.11. The van der Waals surface area contributed by atoms with Crippen LogP contribution < -0.4 is 29.7 Å². The van der Waals surface area contributed by atoms with Gasteiger partial charge in [-0.3, -0.25) is 4.79 Å². The van der Waals surface area contributed by atoms with Crippen LogP contribution in [0, 0.1) is 5.92 Å². The number of benzene rings is 2. The van der Waals surface area contributed by atoms with Crippen LogP contribution in [0.3, 0.4) is 0 Å². The van der Waals surface area contributed by atoms with E-state index in [1.807, 2.05) is 25.3 Å². The van der Waals surface area contributed by atoms with Crippen LogP contribution >= 0.6 is 0 Å². The minimum absolute atomic E-state index is 0.0613. The summed E-state index contributed by atoms with van der Waals surface area (Å²) < 4.78 is 16.3. The highest BCUT2D eigenvalue weighted by molar-refractivity contribution is 5.82. The maximum absolute atomic E-state index is 13.2. The number of carbonyl (C=O) groups is 1. The number of piperidine rings is 1. The molecule has 2 aromatic carbocycles. The van der Waals surface area contributed by atoms with Crippen LogP contribution in [0.4, 0.5) is 17.5 Å². The topological polar surface area (TPSA) is 114 Å². The average molecular weight is 531 g/mol. The van der Waals surface area contributed by atoms with Crippen LogP contribution in [0.15, 0.2) is 54.9 Å². The summed E-state index contributed by atoms with van der Waals surface area (Å²) in [4.78, 5) is 27.7. The van der Waals surface area contributed by atoms with Crippen LogP contribution in [-0.2, 0) is 4.79 Å². The Bertz CT molecular complexity index is 1430. The van der Waals surface area contributed by atoms with Crippen LogP contribution in [0.2, 0.25) is 0 Å². The highest BCUT2D eigenvalue weighted by Gasteiger charge is 2.28. The molecule has 5 rings (SSSR count). The standard InChI is InChI=1S/C29H34N6O4/c1-18(19-7-8-23-20(14-19)9-11-30-23)32-28(36)21-6-5-13-35(17-21)26-10-12-31-29(34-26)33-22-15-24(37-2)27(39-4)25(16-22)38-3/h7-12,14-16,18,21,30H,5-6,13,17H2,1-4H3,(H,32,36)(H,31,33,34). The number of amides is 1. The molecule has 10 heteroatoms. The lowest BCUT2D eigenvalue weighted by atomic mass is 9.96. The molecule has 39 heavy (non-hydrogen) atoms. The summed E-state index contributed by atoms with van der Waals surface area (Å²) in [7, 11) is 4.71. The summed E-state index contributed by atoms with van der Waals surface area (Å²) in [6.45, 7) is 3.44. The number of methoxy groups -OCH3 is 3. The fraction of sp³-hybridized carbons (Fsp3) is 0.345. The first kappa shape index (κ1) is 26.1. The Labute approximate surface area is 227 Å². The van der Waals surface area contributed by atoms with Crippen molar-refractivity contribution in [2.75, 3.05) is 44.6 Å². The molecule has 1 fully saturated rings. The second kappa shape index (κ2) is 11.5. The van der Waals surface area contributed by atoms with Gasteiger partial charge in [-0.1, -0.05) is 6.07 Å². The van der Waals surface area contributed by atoms with Gasteiger partial charge >= 0.3 is 0 Å². The molecule has 0 aliphatic carbocycles. The van der Waals surface area contributed by atoms with Gasteiger partial charge in [-0.2, -0.15) is 4.98 Å². The molecule has 3 N–H and O–H groups in total. The summed E-state index contributed by atoms with van der Waals surface area (Å²) in [5, 5.41) is 7.58. The van der Waals surface area contributed by atoms with E-state index in [1.165, 1.54) is 0 Å². The Morgan fingerprint density at radius 3 is 2.62 bits per heavy atom. The minimum atomic E-state index is -0.126. The van der Waals surface area contributed by atoms with Gasteiger partial charge in [0.15, 0.2) is 11.5 Å². The monoisotopic (exact) mass is 530 g/mol. The van der Waals surface area contributed by atoms with Crippen molar-refractivity contribution < 1.29 is 19.0 Å². The number of aromatic nitrogens is 3. The number of nitrogens with one attached hydrogen (secondary N) is 3. The molecule has 1 aliphatic rings. The zero-order chi connectivity index (χ0) is 27.4. The summed E-state index contributed by atoms with van der Waals surface area (Å²) >= 11 is 0. The fourth-order valence-electron chi connectivity index (χ4n) is 5.02. The van der Waals surface area contributed by atoms with Gasteiger partial charge in [-0.05, 0) is 55.0 Å². The molecule has 1 aliphatic heterocycles. The molecule has 2 unspecified atom stereocenters. The molecule has 4 aromatic rings. The number of nitrogens with zero attached hydrogens (tertiary/aromatic N) is 3. The van der Waals surface area contributed by atoms with Crippen molar-refractivity contribution in [1.29, 1.82) is 0 Å². The zero-order valence-corrected chi connectivity index (χ0v) is 22.7. The minimum Gasteiger partial charge on any atom is -0.493 e. The largest absolute Gasteiger partial charge is 0.493 e. The van der Waals surface area contributed by atoms with E-state index in [2.05, 4.69) is 43.7 Å². The van der Waals surface area contributed by atoms with Crippen molar-refractivity contribution in [3.05, 3.63) is 60.4 Å².